The lowest BCUT2D eigenvalue weighted by Gasteiger charge is -2.24. The molecular weight excluding hydrogens is 148 g/mol. The van der Waals surface area contributed by atoms with Gasteiger partial charge in [0.1, 0.15) is 12.6 Å². The molecule has 0 spiro atoms. The highest BCUT2D eigenvalue weighted by Gasteiger charge is 2.20. The number of hydrogen-bond donors (Lipinski definition) is 2. The molecular formula is C10H24N2+2. The summed E-state index contributed by atoms with van der Waals surface area (Å²) in [5.74, 6) is 0. The summed E-state index contributed by atoms with van der Waals surface area (Å²) in [5.41, 5.74) is 0. The highest BCUT2D eigenvalue weighted by atomic mass is 15.1. The average molecular weight is 172 g/mol. The molecule has 0 saturated carbocycles. The van der Waals surface area contributed by atoms with E-state index in [0.29, 0.717) is 0 Å². The van der Waals surface area contributed by atoms with Gasteiger partial charge in [0.25, 0.3) is 0 Å². The molecule has 0 amide bonds. The first-order valence-electron chi connectivity index (χ1n) is 5.53. The van der Waals surface area contributed by atoms with Crippen molar-refractivity contribution in [1.82, 2.24) is 0 Å². The fourth-order valence-corrected chi connectivity index (χ4v) is 2.12. The van der Waals surface area contributed by atoms with Gasteiger partial charge in [-0.15, -0.1) is 0 Å². The van der Waals surface area contributed by atoms with Crippen molar-refractivity contribution >= 4 is 0 Å². The number of rotatable bonds is 4. The molecule has 3 N–H and O–H groups in total. The van der Waals surface area contributed by atoms with Crippen molar-refractivity contribution in [3.05, 3.63) is 0 Å². The van der Waals surface area contributed by atoms with Crippen molar-refractivity contribution in [3.63, 3.8) is 0 Å². The highest BCUT2D eigenvalue weighted by molar-refractivity contribution is 4.56. The maximum absolute atomic E-state index is 2.55. The Kier molecular flexibility index (Phi) is 4.62. The van der Waals surface area contributed by atoms with Crippen LogP contribution in [0.1, 0.15) is 33.1 Å². The van der Waals surface area contributed by atoms with Gasteiger partial charge in [0.2, 0.25) is 0 Å². The molecule has 1 aliphatic heterocycles. The second kappa shape index (κ2) is 5.55. The van der Waals surface area contributed by atoms with E-state index < -0.39 is 0 Å². The molecule has 1 rings (SSSR count). The number of nitrogens with one attached hydrogen (secondary N) is 1. The summed E-state index contributed by atoms with van der Waals surface area (Å²) in [4.78, 5) is 1.76. The molecule has 0 aromatic heterocycles. The maximum Gasteiger partial charge on any atom is 0.135 e. The predicted octanol–water partition coefficient (Wildman–Crippen LogP) is -0.973. The van der Waals surface area contributed by atoms with Crippen molar-refractivity contribution in [2.45, 2.75) is 39.2 Å². The van der Waals surface area contributed by atoms with Crippen LogP contribution < -0.4 is 10.2 Å². The van der Waals surface area contributed by atoms with Crippen LogP contribution in [0.15, 0.2) is 0 Å². The zero-order valence-electron chi connectivity index (χ0n) is 8.60. The van der Waals surface area contributed by atoms with Gasteiger partial charge in [-0.05, 0) is 26.7 Å². The normalized spacial score (nSPS) is 24.8. The Morgan fingerprint density at radius 3 is 2.50 bits per heavy atom. The maximum atomic E-state index is 2.55. The fraction of sp³-hybridized carbons (Fsp3) is 1.00. The second-order valence-electron chi connectivity index (χ2n) is 3.94. The topological polar surface area (TPSA) is 21.1 Å². The van der Waals surface area contributed by atoms with Crippen molar-refractivity contribution in [1.29, 1.82) is 0 Å². The number of quaternary nitrogens is 2. The first-order valence-corrected chi connectivity index (χ1v) is 5.53. The Hall–Kier alpha value is -0.0800. The third-order valence-electron chi connectivity index (χ3n) is 3.08. The van der Waals surface area contributed by atoms with Crippen molar-refractivity contribution in [2.75, 3.05) is 26.2 Å². The number of piperidine rings is 1. The predicted molar refractivity (Wildman–Crippen MR) is 51.3 cm³/mol. The zero-order valence-corrected chi connectivity index (χ0v) is 8.60. The second-order valence-corrected chi connectivity index (χ2v) is 3.94. The van der Waals surface area contributed by atoms with Gasteiger partial charge in [0.15, 0.2) is 0 Å². The first kappa shape index (κ1) is 10.0. The van der Waals surface area contributed by atoms with Crippen LogP contribution in [-0.2, 0) is 0 Å². The largest absolute Gasteiger partial charge is 0.339 e. The molecule has 0 aliphatic carbocycles. The fourth-order valence-electron chi connectivity index (χ4n) is 2.12. The van der Waals surface area contributed by atoms with Gasteiger partial charge in [-0.3, -0.25) is 0 Å². The van der Waals surface area contributed by atoms with Crippen LogP contribution in [0.3, 0.4) is 0 Å². The monoisotopic (exact) mass is 172 g/mol. The summed E-state index contributed by atoms with van der Waals surface area (Å²) in [6, 6.07) is 0.925. The van der Waals surface area contributed by atoms with E-state index in [-0.39, 0.29) is 0 Å². The standard InChI is InChI=1S/C10H22N2/c1-3-12(4-2)9-10-7-5-6-8-11-10/h10-11H,3-9H2,1-2H3/p+2/t10-/m0/s1. The van der Waals surface area contributed by atoms with Crippen LogP contribution >= 0.6 is 0 Å². The molecule has 0 aromatic rings. The molecule has 1 saturated heterocycles. The van der Waals surface area contributed by atoms with E-state index in [0.717, 1.165) is 6.04 Å². The first-order chi connectivity index (χ1) is 5.86. The number of nitrogens with two attached hydrogens (primary N) is 1. The molecule has 0 unspecified atom stereocenters. The summed E-state index contributed by atoms with van der Waals surface area (Å²) in [7, 11) is 0. The lowest BCUT2D eigenvalue weighted by molar-refractivity contribution is -0.917. The van der Waals surface area contributed by atoms with Crippen LogP contribution in [0.4, 0.5) is 0 Å². The molecule has 0 bridgehead atoms. The molecule has 1 atom stereocenters. The van der Waals surface area contributed by atoms with Gasteiger partial charge in [-0.25, -0.2) is 0 Å². The van der Waals surface area contributed by atoms with E-state index in [1.54, 1.807) is 4.90 Å². The van der Waals surface area contributed by atoms with Crippen molar-refractivity contribution in [3.8, 4) is 0 Å². The Balaban J connectivity index is 2.18. The van der Waals surface area contributed by atoms with E-state index in [1.165, 1.54) is 45.4 Å². The van der Waals surface area contributed by atoms with E-state index in [4.69, 9.17) is 0 Å². The summed E-state index contributed by atoms with van der Waals surface area (Å²) in [5, 5.41) is 2.55. The van der Waals surface area contributed by atoms with E-state index in [9.17, 15) is 0 Å². The zero-order chi connectivity index (χ0) is 8.81. The number of hydrogen-bond acceptors (Lipinski definition) is 0. The average Bonchev–Trinajstić information content (AvgIpc) is 2.16. The van der Waals surface area contributed by atoms with Crippen LogP contribution in [0, 0.1) is 0 Å². The van der Waals surface area contributed by atoms with Crippen molar-refractivity contribution in [2.24, 2.45) is 0 Å². The quantitative estimate of drug-likeness (QED) is 0.544. The molecule has 1 aliphatic rings. The smallest absolute Gasteiger partial charge is 0.135 e. The van der Waals surface area contributed by atoms with Gasteiger partial charge in [0.05, 0.1) is 19.6 Å². The Morgan fingerprint density at radius 2 is 2.00 bits per heavy atom. The van der Waals surface area contributed by atoms with Gasteiger partial charge < -0.3 is 10.2 Å². The highest BCUT2D eigenvalue weighted by Crippen LogP contribution is 1.98. The SMILES string of the molecule is CC[NH+](CC)C[C@@H]1CCCC[NH2+]1. The molecule has 2 nitrogen and oxygen atoms in total. The summed E-state index contributed by atoms with van der Waals surface area (Å²) in [6.45, 7) is 9.92. The van der Waals surface area contributed by atoms with Crippen LogP contribution in [0.5, 0.6) is 0 Å². The Labute approximate surface area is 76.3 Å². The molecule has 12 heavy (non-hydrogen) atoms. The molecule has 72 valence electrons. The lowest BCUT2D eigenvalue weighted by Crippen LogP contribution is -3.15. The van der Waals surface area contributed by atoms with Crippen LogP contribution in [-0.4, -0.2) is 32.2 Å². The van der Waals surface area contributed by atoms with Crippen LogP contribution in [0.25, 0.3) is 0 Å². The summed E-state index contributed by atoms with van der Waals surface area (Å²) >= 11 is 0. The van der Waals surface area contributed by atoms with E-state index >= 15 is 0 Å². The Bertz CT molecular complexity index is 104. The minimum Gasteiger partial charge on any atom is -0.339 e. The lowest BCUT2D eigenvalue weighted by atomic mass is 10.0. The third-order valence-corrected chi connectivity index (χ3v) is 3.08. The van der Waals surface area contributed by atoms with Gasteiger partial charge in [-0.2, -0.15) is 0 Å². The minimum absolute atomic E-state index is 0.925. The summed E-state index contributed by atoms with van der Waals surface area (Å²) < 4.78 is 0. The van der Waals surface area contributed by atoms with Gasteiger partial charge >= 0.3 is 0 Å². The number of likely N-dealkylation sites (N-methyl/N-ethyl adjacent to an activating group) is 1. The minimum atomic E-state index is 0.925. The molecule has 0 radical (unpaired) electrons. The van der Waals surface area contributed by atoms with Gasteiger partial charge in [0, 0.05) is 6.42 Å². The molecule has 0 aromatic carbocycles. The molecule has 1 fully saturated rings. The van der Waals surface area contributed by atoms with Crippen LogP contribution in [0.2, 0.25) is 0 Å². The molecule has 2 heteroatoms. The molecule has 1 heterocycles. The van der Waals surface area contributed by atoms with E-state index in [1.807, 2.05) is 0 Å². The van der Waals surface area contributed by atoms with E-state index in [2.05, 4.69) is 19.2 Å². The Morgan fingerprint density at radius 1 is 1.25 bits per heavy atom. The van der Waals surface area contributed by atoms with Crippen molar-refractivity contribution < 1.29 is 10.2 Å². The summed E-state index contributed by atoms with van der Waals surface area (Å²) in [6.07, 6.45) is 4.34. The third kappa shape index (κ3) is 3.11. The van der Waals surface area contributed by atoms with Gasteiger partial charge in [-0.1, -0.05) is 0 Å².